The van der Waals surface area contributed by atoms with Crippen LogP contribution >= 0.6 is 11.6 Å². The Kier molecular flexibility index (Phi) is 9.90. The van der Waals surface area contributed by atoms with E-state index in [2.05, 4.69) is 10.6 Å². The van der Waals surface area contributed by atoms with E-state index in [-0.39, 0.29) is 49.3 Å². The van der Waals surface area contributed by atoms with Crippen LogP contribution in [0.2, 0.25) is 23.7 Å². The standard InChI is InChI=1S/C39H47ClN4O6Si/c1-24-36(51(2,3)49)34(19-35(46)43-22-28-10-5-4-9-26(28)17-31(43)23-45)50-39(24)32-18-29(40)13-14-33(32)44(38(39)48)21-25-8-6-12-30(16-25)42-37(47)27-11-7-15-41-20-27/h4-6,8-10,12-14,16,18,24,27,31,34,36,41,45,49H,7,11,15,17,19-23H2,1-3H3,(H,42,47)/t24-,27?,31-,34+,36-,39+/m0/s1. The molecule has 3 amide bonds. The molecule has 3 aromatic carbocycles. The Labute approximate surface area is 305 Å². The Balaban J connectivity index is 1.17. The number of carbonyl (C=O) groups excluding carboxylic acids is 3. The van der Waals surface area contributed by atoms with Gasteiger partial charge in [-0.1, -0.05) is 54.9 Å². The van der Waals surface area contributed by atoms with Gasteiger partial charge in [-0.3, -0.25) is 14.4 Å². The molecule has 0 saturated carbocycles. The zero-order valence-corrected chi connectivity index (χ0v) is 31.2. The minimum absolute atomic E-state index is 0.0230. The van der Waals surface area contributed by atoms with Crippen LogP contribution in [0.25, 0.3) is 0 Å². The first-order valence-electron chi connectivity index (χ1n) is 18.0. The Morgan fingerprint density at radius 1 is 1.10 bits per heavy atom. The second-order valence-corrected chi connectivity index (χ2v) is 19.6. The molecule has 6 atom stereocenters. The summed E-state index contributed by atoms with van der Waals surface area (Å²) in [6, 6.07) is 20.5. The number of nitrogens with zero attached hydrogens (tertiary/aromatic N) is 2. The summed E-state index contributed by atoms with van der Waals surface area (Å²) in [5.74, 6) is -1.04. The molecular weight excluding hydrogens is 684 g/mol. The third-order valence-electron chi connectivity index (χ3n) is 11.4. The summed E-state index contributed by atoms with van der Waals surface area (Å²) in [6.45, 7) is 7.62. The van der Waals surface area contributed by atoms with Gasteiger partial charge in [0.1, 0.15) is 0 Å². The monoisotopic (exact) mass is 730 g/mol. The first kappa shape index (κ1) is 35.8. The van der Waals surface area contributed by atoms with Crippen molar-refractivity contribution in [3.05, 3.63) is 94.0 Å². The van der Waals surface area contributed by atoms with Crippen molar-refractivity contribution in [2.45, 2.75) is 82.1 Å². The molecule has 0 aliphatic carbocycles. The Hall–Kier alpha value is -3.58. The van der Waals surface area contributed by atoms with E-state index in [4.69, 9.17) is 16.3 Å². The number of fused-ring (bicyclic) bond motifs is 3. The molecule has 3 aromatic rings. The average Bonchev–Trinajstić information content (AvgIpc) is 3.53. The molecule has 0 aromatic heterocycles. The summed E-state index contributed by atoms with van der Waals surface area (Å²) in [5.41, 5.74) is 3.03. The highest BCUT2D eigenvalue weighted by Gasteiger charge is 2.66. The van der Waals surface area contributed by atoms with Gasteiger partial charge in [0, 0.05) is 40.8 Å². The van der Waals surface area contributed by atoms with E-state index in [1.54, 1.807) is 21.9 Å². The second-order valence-electron chi connectivity index (χ2n) is 15.2. The topological polar surface area (TPSA) is 131 Å². The maximum Gasteiger partial charge on any atom is 0.264 e. The third kappa shape index (κ3) is 6.64. The SMILES string of the molecule is C[C@H]1[C@H]([Si](C)(C)O)[C@@H](CC(=O)N2Cc3ccccc3C[C@H]2CO)O[C@]12C(=O)N(Cc1cccc(NC(=O)C3CCCNC3)c1)c1ccc(Cl)cc12. The zero-order valence-electron chi connectivity index (χ0n) is 29.4. The van der Waals surface area contributed by atoms with Crippen LogP contribution in [0, 0.1) is 11.8 Å². The minimum atomic E-state index is -3.04. The molecule has 0 bridgehead atoms. The van der Waals surface area contributed by atoms with Crippen LogP contribution < -0.4 is 15.5 Å². The van der Waals surface area contributed by atoms with Gasteiger partial charge in [0.05, 0.1) is 43.3 Å². The van der Waals surface area contributed by atoms with Gasteiger partial charge in [-0.05, 0) is 85.9 Å². The van der Waals surface area contributed by atoms with E-state index in [0.29, 0.717) is 41.5 Å². The average molecular weight is 731 g/mol. The van der Waals surface area contributed by atoms with E-state index >= 15 is 0 Å². The lowest BCUT2D eigenvalue weighted by Gasteiger charge is -2.37. The Morgan fingerprint density at radius 2 is 1.88 bits per heavy atom. The number of benzene rings is 3. The predicted octanol–water partition coefficient (Wildman–Crippen LogP) is 4.96. The fourth-order valence-electron chi connectivity index (χ4n) is 8.99. The summed E-state index contributed by atoms with van der Waals surface area (Å²) < 4.78 is 6.92. The van der Waals surface area contributed by atoms with Gasteiger partial charge < -0.3 is 35.1 Å². The number of nitrogens with one attached hydrogen (secondary N) is 2. The van der Waals surface area contributed by atoms with E-state index in [1.807, 2.05) is 74.6 Å². The first-order valence-corrected chi connectivity index (χ1v) is 21.4. The lowest BCUT2D eigenvalue weighted by Crippen LogP contribution is -2.48. The molecule has 1 spiro atoms. The molecule has 7 rings (SSSR count). The minimum Gasteiger partial charge on any atom is -0.432 e. The van der Waals surface area contributed by atoms with Crippen molar-refractivity contribution in [3.8, 4) is 0 Å². The number of aliphatic hydroxyl groups excluding tert-OH is 1. The molecule has 4 N–H and O–H groups in total. The number of amides is 3. The molecule has 10 nitrogen and oxygen atoms in total. The zero-order chi connectivity index (χ0) is 36.1. The van der Waals surface area contributed by atoms with Gasteiger partial charge in [-0.2, -0.15) is 0 Å². The maximum atomic E-state index is 14.9. The van der Waals surface area contributed by atoms with E-state index in [1.165, 1.54) is 0 Å². The van der Waals surface area contributed by atoms with Crippen molar-refractivity contribution in [1.82, 2.24) is 10.2 Å². The number of hydrogen-bond acceptors (Lipinski definition) is 7. The number of rotatable bonds is 8. The molecule has 1 unspecified atom stereocenters. The lowest BCUT2D eigenvalue weighted by atomic mass is 9.82. The molecule has 4 aliphatic rings. The molecule has 12 heteroatoms. The highest BCUT2D eigenvalue weighted by atomic mass is 35.5. The number of piperidine rings is 1. The van der Waals surface area contributed by atoms with Crippen LogP contribution in [-0.2, 0) is 44.2 Å². The highest BCUT2D eigenvalue weighted by Crippen LogP contribution is 2.60. The van der Waals surface area contributed by atoms with Gasteiger partial charge in [-0.25, -0.2) is 0 Å². The van der Waals surface area contributed by atoms with Gasteiger partial charge in [0.25, 0.3) is 5.91 Å². The van der Waals surface area contributed by atoms with Crippen molar-refractivity contribution in [2.75, 3.05) is 29.9 Å². The van der Waals surface area contributed by atoms with Crippen molar-refractivity contribution in [1.29, 1.82) is 0 Å². The van der Waals surface area contributed by atoms with Crippen LogP contribution in [0.1, 0.15) is 48.4 Å². The van der Waals surface area contributed by atoms with Crippen LogP contribution in [0.3, 0.4) is 0 Å². The number of halogens is 1. The molecule has 270 valence electrons. The van der Waals surface area contributed by atoms with E-state index < -0.39 is 31.5 Å². The maximum absolute atomic E-state index is 14.9. The van der Waals surface area contributed by atoms with Crippen molar-refractivity contribution < 1.29 is 29.0 Å². The number of anilines is 2. The molecule has 2 saturated heterocycles. The molecule has 2 fully saturated rings. The van der Waals surface area contributed by atoms with E-state index in [9.17, 15) is 24.3 Å². The summed E-state index contributed by atoms with van der Waals surface area (Å²) in [4.78, 5) is 57.2. The first-order chi connectivity index (χ1) is 24.4. The predicted molar refractivity (Wildman–Crippen MR) is 199 cm³/mol. The van der Waals surface area contributed by atoms with Gasteiger partial charge in [-0.15, -0.1) is 0 Å². The van der Waals surface area contributed by atoms with Crippen LogP contribution in [0.15, 0.2) is 66.7 Å². The molecule has 0 radical (unpaired) electrons. The largest absolute Gasteiger partial charge is 0.432 e. The smallest absolute Gasteiger partial charge is 0.264 e. The van der Waals surface area contributed by atoms with Gasteiger partial charge >= 0.3 is 0 Å². The van der Waals surface area contributed by atoms with Crippen LogP contribution in [0.5, 0.6) is 0 Å². The van der Waals surface area contributed by atoms with Crippen molar-refractivity contribution >= 4 is 49.0 Å². The van der Waals surface area contributed by atoms with Crippen LogP contribution in [-0.4, -0.2) is 72.7 Å². The van der Waals surface area contributed by atoms with E-state index in [0.717, 1.165) is 36.1 Å². The summed E-state index contributed by atoms with van der Waals surface area (Å²) in [6.07, 6.45) is 1.58. The summed E-state index contributed by atoms with van der Waals surface area (Å²) in [5, 5.41) is 17.1. The molecule has 51 heavy (non-hydrogen) atoms. The normalized spacial score (nSPS) is 27.4. The summed E-state index contributed by atoms with van der Waals surface area (Å²) in [7, 11) is -3.04. The number of carbonyl (C=O) groups is 3. The Bertz CT molecular complexity index is 1830. The Morgan fingerprint density at radius 3 is 2.61 bits per heavy atom. The molecule has 4 heterocycles. The lowest BCUT2D eigenvalue weighted by molar-refractivity contribution is -0.151. The fourth-order valence-corrected chi connectivity index (χ4v) is 11.7. The third-order valence-corrected chi connectivity index (χ3v) is 14.1. The fraction of sp³-hybridized carbons (Fsp3) is 0.462. The molecular formula is C39H47ClN4O6Si. The summed E-state index contributed by atoms with van der Waals surface area (Å²) >= 11 is 6.59. The highest BCUT2D eigenvalue weighted by molar-refractivity contribution is 6.71. The number of ether oxygens (including phenoxy) is 1. The second kappa shape index (κ2) is 14.1. The van der Waals surface area contributed by atoms with Crippen LogP contribution in [0.4, 0.5) is 11.4 Å². The van der Waals surface area contributed by atoms with Crippen molar-refractivity contribution in [2.24, 2.45) is 11.8 Å². The molecule has 4 aliphatic heterocycles. The quantitative estimate of drug-likeness (QED) is 0.241. The van der Waals surface area contributed by atoms with Gasteiger partial charge in [0.15, 0.2) is 13.9 Å². The van der Waals surface area contributed by atoms with Gasteiger partial charge in [0.2, 0.25) is 11.8 Å². The number of hydrogen-bond donors (Lipinski definition) is 4. The van der Waals surface area contributed by atoms with Crippen molar-refractivity contribution in [3.63, 3.8) is 0 Å². The number of aliphatic hydroxyl groups is 1.